The Morgan fingerprint density at radius 3 is 2.50 bits per heavy atom. The summed E-state index contributed by atoms with van der Waals surface area (Å²) in [6, 6.07) is 3.50. The lowest BCUT2D eigenvalue weighted by atomic mass is 10.1. The van der Waals surface area contributed by atoms with Gasteiger partial charge in [-0.3, -0.25) is 4.79 Å². The van der Waals surface area contributed by atoms with Gasteiger partial charge in [0.2, 0.25) is 0 Å². The molecule has 0 aliphatic carbocycles. The Balaban J connectivity index is 2.76. The van der Waals surface area contributed by atoms with Gasteiger partial charge in [0.05, 0.1) is 12.6 Å². The quantitative estimate of drug-likeness (QED) is 0.804. The zero-order chi connectivity index (χ0) is 12.3. The molecule has 1 heterocycles. The zero-order valence-corrected chi connectivity index (χ0v) is 10.3. The second-order valence-corrected chi connectivity index (χ2v) is 4.43. The highest BCUT2D eigenvalue weighted by atomic mass is 16.3. The average Bonchev–Trinajstić information content (AvgIpc) is 2.55. The fraction of sp³-hybridized carbons (Fsp3) is 0.583. The first kappa shape index (κ1) is 12.8. The standard InChI is InChI=1S/C12H20N2O2/c1-8(2)10(7-15)13-12(16)11-6-5-9(3)14(11)4/h5-6,8,10,15H,7H2,1-4H3,(H,13,16). The first-order valence-electron chi connectivity index (χ1n) is 5.51. The number of aryl methyl sites for hydroxylation is 1. The average molecular weight is 224 g/mol. The normalized spacial score (nSPS) is 12.9. The highest BCUT2D eigenvalue weighted by molar-refractivity contribution is 5.93. The van der Waals surface area contributed by atoms with Gasteiger partial charge in [-0.25, -0.2) is 0 Å². The van der Waals surface area contributed by atoms with E-state index in [4.69, 9.17) is 5.11 Å². The van der Waals surface area contributed by atoms with Gasteiger partial charge >= 0.3 is 0 Å². The molecule has 1 amide bonds. The highest BCUT2D eigenvalue weighted by Gasteiger charge is 2.18. The molecule has 0 aliphatic heterocycles. The van der Waals surface area contributed by atoms with Gasteiger partial charge in [-0.05, 0) is 25.0 Å². The van der Waals surface area contributed by atoms with Crippen LogP contribution in [0.5, 0.6) is 0 Å². The molecule has 1 unspecified atom stereocenters. The van der Waals surface area contributed by atoms with Crippen molar-refractivity contribution < 1.29 is 9.90 Å². The van der Waals surface area contributed by atoms with Gasteiger partial charge in [-0.1, -0.05) is 13.8 Å². The van der Waals surface area contributed by atoms with Crippen LogP contribution in [-0.2, 0) is 7.05 Å². The van der Waals surface area contributed by atoms with Gasteiger partial charge in [-0.2, -0.15) is 0 Å². The van der Waals surface area contributed by atoms with Gasteiger partial charge in [0.25, 0.3) is 5.91 Å². The van der Waals surface area contributed by atoms with E-state index in [0.29, 0.717) is 5.69 Å². The van der Waals surface area contributed by atoms with Gasteiger partial charge in [0.1, 0.15) is 5.69 Å². The number of nitrogens with one attached hydrogen (secondary N) is 1. The molecule has 0 saturated heterocycles. The van der Waals surface area contributed by atoms with Gasteiger partial charge in [0.15, 0.2) is 0 Å². The molecule has 4 nitrogen and oxygen atoms in total. The molecule has 0 radical (unpaired) electrons. The van der Waals surface area contributed by atoms with Crippen molar-refractivity contribution in [3.05, 3.63) is 23.5 Å². The number of hydrogen-bond acceptors (Lipinski definition) is 2. The summed E-state index contributed by atoms with van der Waals surface area (Å²) in [5.41, 5.74) is 1.66. The number of aliphatic hydroxyl groups excluding tert-OH is 1. The second kappa shape index (κ2) is 5.16. The first-order valence-corrected chi connectivity index (χ1v) is 5.51. The summed E-state index contributed by atoms with van der Waals surface area (Å²) in [6.07, 6.45) is 0. The second-order valence-electron chi connectivity index (χ2n) is 4.43. The molecule has 0 aliphatic rings. The lowest BCUT2D eigenvalue weighted by molar-refractivity contribution is 0.0888. The van der Waals surface area contributed by atoms with Crippen LogP contribution in [0.4, 0.5) is 0 Å². The van der Waals surface area contributed by atoms with E-state index < -0.39 is 0 Å². The van der Waals surface area contributed by atoms with Crippen molar-refractivity contribution in [1.82, 2.24) is 9.88 Å². The van der Waals surface area contributed by atoms with E-state index in [0.717, 1.165) is 5.69 Å². The van der Waals surface area contributed by atoms with E-state index >= 15 is 0 Å². The topological polar surface area (TPSA) is 54.3 Å². The van der Waals surface area contributed by atoms with E-state index in [1.165, 1.54) is 0 Å². The number of nitrogens with zero attached hydrogens (tertiary/aromatic N) is 1. The number of amides is 1. The number of carbonyl (C=O) groups is 1. The Kier molecular flexibility index (Phi) is 4.12. The Morgan fingerprint density at radius 2 is 2.12 bits per heavy atom. The van der Waals surface area contributed by atoms with Crippen molar-refractivity contribution in [3.63, 3.8) is 0 Å². The van der Waals surface area contributed by atoms with Crippen LogP contribution < -0.4 is 5.32 Å². The monoisotopic (exact) mass is 224 g/mol. The summed E-state index contributed by atoms with van der Waals surface area (Å²) in [5, 5.41) is 12.0. The zero-order valence-electron chi connectivity index (χ0n) is 10.3. The molecule has 2 N–H and O–H groups in total. The lowest BCUT2D eigenvalue weighted by Gasteiger charge is -2.20. The van der Waals surface area contributed by atoms with Crippen LogP contribution in [0.3, 0.4) is 0 Å². The fourth-order valence-corrected chi connectivity index (χ4v) is 1.51. The van der Waals surface area contributed by atoms with Crippen molar-refractivity contribution in [2.75, 3.05) is 6.61 Å². The molecule has 0 fully saturated rings. The molecule has 0 spiro atoms. The van der Waals surface area contributed by atoms with E-state index in [1.54, 1.807) is 6.07 Å². The molecule has 0 bridgehead atoms. The largest absolute Gasteiger partial charge is 0.394 e. The molecule has 90 valence electrons. The minimum atomic E-state index is -0.192. The molecular formula is C12H20N2O2. The molecule has 1 aromatic rings. The maximum atomic E-state index is 11.9. The molecule has 0 saturated carbocycles. The number of aliphatic hydroxyl groups is 1. The molecule has 1 rings (SSSR count). The van der Waals surface area contributed by atoms with Crippen LogP contribution >= 0.6 is 0 Å². The predicted molar refractivity (Wildman–Crippen MR) is 63.3 cm³/mol. The van der Waals surface area contributed by atoms with Gasteiger partial charge in [0, 0.05) is 12.7 Å². The Bertz CT molecular complexity index is 369. The molecule has 4 heteroatoms. The van der Waals surface area contributed by atoms with E-state index in [9.17, 15) is 4.79 Å². The van der Waals surface area contributed by atoms with E-state index in [-0.39, 0.29) is 24.5 Å². The maximum absolute atomic E-state index is 11.9. The number of hydrogen-bond donors (Lipinski definition) is 2. The maximum Gasteiger partial charge on any atom is 0.268 e. The van der Waals surface area contributed by atoms with Crippen molar-refractivity contribution in [1.29, 1.82) is 0 Å². The van der Waals surface area contributed by atoms with Gasteiger partial charge < -0.3 is 15.0 Å². The predicted octanol–water partition coefficient (Wildman–Crippen LogP) is 1.08. The lowest BCUT2D eigenvalue weighted by Crippen LogP contribution is -2.41. The summed E-state index contributed by atoms with van der Waals surface area (Å²) in [7, 11) is 1.85. The van der Waals surface area contributed by atoms with Crippen LogP contribution in [0.15, 0.2) is 12.1 Å². The highest BCUT2D eigenvalue weighted by Crippen LogP contribution is 2.07. The van der Waals surface area contributed by atoms with Crippen molar-refractivity contribution in [2.24, 2.45) is 13.0 Å². The summed E-state index contributed by atoms with van der Waals surface area (Å²) in [5.74, 6) is 0.0821. The molecule has 16 heavy (non-hydrogen) atoms. The minimum Gasteiger partial charge on any atom is -0.394 e. The summed E-state index contributed by atoms with van der Waals surface area (Å²) in [4.78, 5) is 11.9. The van der Waals surface area contributed by atoms with Gasteiger partial charge in [-0.15, -0.1) is 0 Å². The fourth-order valence-electron chi connectivity index (χ4n) is 1.51. The first-order chi connectivity index (χ1) is 7.47. The summed E-state index contributed by atoms with van der Waals surface area (Å²) >= 11 is 0. The number of rotatable bonds is 4. The van der Waals surface area contributed by atoms with Crippen molar-refractivity contribution in [3.8, 4) is 0 Å². The minimum absolute atomic E-state index is 0.0349. The van der Waals surface area contributed by atoms with Crippen LogP contribution in [0, 0.1) is 12.8 Å². The summed E-state index contributed by atoms with van der Waals surface area (Å²) in [6.45, 7) is 5.85. The van der Waals surface area contributed by atoms with Crippen LogP contribution in [-0.4, -0.2) is 28.2 Å². The Morgan fingerprint density at radius 1 is 1.50 bits per heavy atom. The van der Waals surface area contributed by atoms with Crippen LogP contribution in [0.2, 0.25) is 0 Å². The third-order valence-electron chi connectivity index (χ3n) is 2.92. The molecule has 0 aromatic carbocycles. The third kappa shape index (κ3) is 2.64. The van der Waals surface area contributed by atoms with Crippen molar-refractivity contribution >= 4 is 5.91 Å². The van der Waals surface area contributed by atoms with Crippen LogP contribution in [0.25, 0.3) is 0 Å². The van der Waals surface area contributed by atoms with E-state index in [1.807, 2.05) is 38.5 Å². The number of carbonyl (C=O) groups excluding carboxylic acids is 1. The molecule has 1 aromatic heterocycles. The van der Waals surface area contributed by atoms with Crippen LogP contribution in [0.1, 0.15) is 30.0 Å². The Hall–Kier alpha value is -1.29. The Labute approximate surface area is 96.3 Å². The smallest absolute Gasteiger partial charge is 0.268 e. The third-order valence-corrected chi connectivity index (χ3v) is 2.92. The number of aromatic nitrogens is 1. The van der Waals surface area contributed by atoms with Crippen molar-refractivity contribution in [2.45, 2.75) is 26.8 Å². The molecular weight excluding hydrogens is 204 g/mol. The summed E-state index contributed by atoms with van der Waals surface area (Å²) < 4.78 is 1.84. The SMILES string of the molecule is Cc1ccc(C(=O)NC(CO)C(C)C)n1C. The van der Waals surface area contributed by atoms with E-state index in [2.05, 4.69) is 5.32 Å². The molecule has 1 atom stereocenters.